The molecule has 0 spiro atoms. The summed E-state index contributed by atoms with van der Waals surface area (Å²) in [7, 11) is -3.40. The highest BCUT2D eigenvalue weighted by Crippen LogP contribution is 2.37. The molecule has 0 aliphatic carbocycles. The summed E-state index contributed by atoms with van der Waals surface area (Å²) in [5.41, 5.74) is 2.82. The predicted molar refractivity (Wildman–Crippen MR) is 83.9 cm³/mol. The van der Waals surface area contributed by atoms with E-state index >= 15 is 0 Å². The van der Waals surface area contributed by atoms with Crippen LogP contribution in [0.2, 0.25) is 0 Å². The Morgan fingerprint density at radius 1 is 1.14 bits per heavy atom. The maximum atomic E-state index is 13.1. The molecule has 0 amide bonds. The van der Waals surface area contributed by atoms with E-state index in [-0.39, 0.29) is 6.04 Å². The van der Waals surface area contributed by atoms with Crippen molar-refractivity contribution in [1.82, 2.24) is 9.62 Å². The van der Waals surface area contributed by atoms with Gasteiger partial charge in [0.05, 0.1) is 4.90 Å². The molecule has 1 aromatic rings. The Hall–Kier alpha value is -0.910. The Labute approximate surface area is 127 Å². The van der Waals surface area contributed by atoms with Crippen LogP contribution in [-0.4, -0.2) is 38.4 Å². The smallest absolute Gasteiger partial charge is 0.243 e. The van der Waals surface area contributed by atoms with Crippen LogP contribution in [0.1, 0.15) is 23.6 Å². The molecule has 2 saturated heterocycles. The van der Waals surface area contributed by atoms with E-state index < -0.39 is 10.0 Å². The van der Waals surface area contributed by atoms with Crippen molar-refractivity contribution in [2.24, 2.45) is 11.8 Å². The Balaban J connectivity index is 2.02. The van der Waals surface area contributed by atoms with Crippen molar-refractivity contribution in [1.29, 1.82) is 0 Å². The van der Waals surface area contributed by atoms with Crippen LogP contribution in [0.3, 0.4) is 0 Å². The van der Waals surface area contributed by atoms with Gasteiger partial charge in [0.2, 0.25) is 10.0 Å². The first-order valence-electron chi connectivity index (χ1n) is 7.63. The summed E-state index contributed by atoms with van der Waals surface area (Å²) < 4.78 is 28.0. The van der Waals surface area contributed by atoms with E-state index in [9.17, 15) is 8.42 Å². The normalized spacial score (nSPS) is 29.8. The lowest BCUT2D eigenvalue weighted by Crippen LogP contribution is -2.38. The van der Waals surface area contributed by atoms with Gasteiger partial charge in [-0.3, -0.25) is 0 Å². The quantitative estimate of drug-likeness (QED) is 0.907. The molecule has 2 heterocycles. The second-order valence-corrected chi connectivity index (χ2v) is 8.45. The van der Waals surface area contributed by atoms with Gasteiger partial charge in [-0.25, -0.2) is 8.42 Å². The lowest BCUT2D eigenvalue weighted by molar-refractivity contribution is 0.360. The third-order valence-corrected chi connectivity index (χ3v) is 7.31. The summed E-state index contributed by atoms with van der Waals surface area (Å²) in [6, 6.07) is 4.00. The number of hydrogen-bond acceptors (Lipinski definition) is 3. The number of sulfonamides is 1. The Kier molecular flexibility index (Phi) is 3.62. The predicted octanol–water partition coefficient (Wildman–Crippen LogP) is 1.84. The largest absolute Gasteiger partial charge is 0.316 e. The molecule has 3 unspecified atom stereocenters. The molecule has 4 nitrogen and oxygen atoms in total. The average Bonchev–Trinajstić information content (AvgIpc) is 2.91. The molecule has 0 aromatic heterocycles. The van der Waals surface area contributed by atoms with E-state index in [2.05, 4.69) is 5.32 Å². The highest BCUT2D eigenvalue weighted by molar-refractivity contribution is 7.89. The van der Waals surface area contributed by atoms with Gasteiger partial charge in [-0.1, -0.05) is 17.7 Å². The number of benzene rings is 1. The Bertz CT molecular complexity index is 646. The van der Waals surface area contributed by atoms with Gasteiger partial charge in [0.1, 0.15) is 0 Å². The molecule has 116 valence electrons. The van der Waals surface area contributed by atoms with Crippen molar-refractivity contribution in [3.05, 3.63) is 28.8 Å². The second-order valence-electron chi connectivity index (χ2n) is 6.63. The fourth-order valence-electron chi connectivity index (χ4n) is 4.14. The van der Waals surface area contributed by atoms with Gasteiger partial charge in [-0.05, 0) is 63.7 Å². The highest BCUT2D eigenvalue weighted by atomic mass is 32.2. The fourth-order valence-corrected chi connectivity index (χ4v) is 6.28. The molecular weight excluding hydrogens is 284 g/mol. The van der Waals surface area contributed by atoms with Crippen LogP contribution in [0.5, 0.6) is 0 Å². The van der Waals surface area contributed by atoms with Crippen molar-refractivity contribution >= 4 is 10.0 Å². The zero-order valence-corrected chi connectivity index (χ0v) is 14.0. The molecule has 5 heteroatoms. The topological polar surface area (TPSA) is 49.4 Å². The van der Waals surface area contributed by atoms with E-state index in [1.807, 2.05) is 39.8 Å². The third kappa shape index (κ3) is 2.31. The maximum absolute atomic E-state index is 13.1. The van der Waals surface area contributed by atoms with Crippen LogP contribution in [0.25, 0.3) is 0 Å². The molecule has 0 radical (unpaired) electrons. The van der Waals surface area contributed by atoms with E-state index in [0.29, 0.717) is 23.3 Å². The van der Waals surface area contributed by atoms with Gasteiger partial charge < -0.3 is 5.32 Å². The van der Waals surface area contributed by atoms with E-state index in [4.69, 9.17) is 0 Å². The lowest BCUT2D eigenvalue weighted by Gasteiger charge is -2.25. The van der Waals surface area contributed by atoms with Crippen LogP contribution in [-0.2, 0) is 10.0 Å². The minimum atomic E-state index is -3.40. The van der Waals surface area contributed by atoms with Crippen LogP contribution in [0.15, 0.2) is 17.0 Å². The number of nitrogens with zero attached hydrogens (tertiary/aromatic N) is 1. The minimum absolute atomic E-state index is 0.0788. The molecule has 1 aromatic carbocycles. The average molecular weight is 308 g/mol. The zero-order valence-electron chi connectivity index (χ0n) is 13.2. The molecule has 1 N–H and O–H groups in total. The van der Waals surface area contributed by atoms with Gasteiger partial charge in [0, 0.05) is 12.6 Å². The fraction of sp³-hybridized carbons (Fsp3) is 0.625. The molecule has 3 atom stereocenters. The lowest BCUT2D eigenvalue weighted by atomic mass is 9.95. The number of fused-ring (bicyclic) bond motifs is 1. The van der Waals surface area contributed by atoms with Crippen molar-refractivity contribution < 1.29 is 8.42 Å². The molecule has 0 saturated carbocycles. The van der Waals surface area contributed by atoms with Gasteiger partial charge in [-0.15, -0.1) is 0 Å². The molecular formula is C16H24N2O2S. The molecule has 2 aliphatic rings. The zero-order chi connectivity index (χ0) is 15.4. The van der Waals surface area contributed by atoms with Crippen molar-refractivity contribution in [3.8, 4) is 0 Å². The summed E-state index contributed by atoms with van der Waals surface area (Å²) >= 11 is 0. The minimum Gasteiger partial charge on any atom is -0.316 e. The Morgan fingerprint density at radius 3 is 2.33 bits per heavy atom. The first kappa shape index (κ1) is 15.0. The number of aryl methyl sites for hydroxylation is 3. The van der Waals surface area contributed by atoms with E-state index in [1.54, 1.807) is 4.31 Å². The molecule has 0 bridgehead atoms. The van der Waals surface area contributed by atoms with Crippen molar-refractivity contribution in [2.45, 2.75) is 38.6 Å². The van der Waals surface area contributed by atoms with Crippen LogP contribution in [0, 0.1) is 32.6 Å². The van der Waals surface area contributed by atoms with Crippen molar-refractivity contribution in [3.63, 3.8) is 0 Å². The second kappa shape index (κ2) is 5.07. The summed E-state index contributed by atoms with van der Waals surface area (Å²) in [5, 5.41) is 3.38. The maximum Gasteiger partial charge on any atom is 0.243 e. The number of rotatable bonds is 2. The summed E-state index contributed by atoms with van der Waals surface area (Å²) in [6.07, 6.45) is 0. The summed E-state index contributed by atoms with van der Waals surface area (Å²) in [6.45, 7) is 10.4. The van der Waals surface area contributed by atoms with Crippen LogP contribution < -0.4 is 5.32 Å². The third-order valence-electron chi connectivity index (χ3n) is 5.05. The summed E-state index contributed by atoms with van der Waals surface area (Å²) in [4.78, 5) is 0.507. The molecule has 21 heavy (non-hydrogen) atoms. The number of hydrogen-bond donors (Lipinski definition) is 1. The van der Waals surface area contributed by atoms with Gasteiger partial charge in [0.25, 0.3) is 0 Å². The standard InChI is InChI=1S/C16H24N2O2S/c1-10-5-11(2)16(12(3)6-10)21(19,20)18-9-14-7-17-8-15(14)13(18)4/h5-6,13-15,17H,7-9H2,1-4H3. The van der Waals surface area contributed by atoms with E-state index in [0.717, 1.165) is 29.8 Å². The van der Waals surface area contributed by atoms with Gasteiger partial charge >= 0.3 is 0 Å². The van der Waals surface area contributed by atoms with Crippen molar-refractivity contribution in [2.75, 3.05) is 19.6 Å². The first-order chi connectivity index (χ1) is 9.82. The highest BCUT2D eigenvalue weighted by Gasteiger charge is 2.47. The van der Waals surface area contributed by atoms with Gasteiger partial charge in [-0.2, -0.15) is 4.31 Å². The SMILES string of the molecule is Cc1cc(C)c(S(=O)(=O)N2CC3CNCC3C2C)c(C)c1. The van der Waals surface area contributed by atoms with E-state index in [1.165, 1.54) is 0 Å². The number of nitrogens with one attached hydrogen (secondary N) is 1. The molecule has 2 aliphatic heterocycles. The van der Waals surface area contributed by atoms with Gasteiger partial charge in [0.15, 0.2) is 0 Å². The first-order valence-corrected chi connectivity index (χ1v) is 9.07. The monoisotopic (exact) mass is 308 g/mol. The molecule has 3 rings (SSSR count). The Morgan fingerprint density at radius 2 is 1.76 bits per heavy atom. The van der Waals surface area contributed by atoms with Crippen LogP contribution in [0.4, 0.5) is 0 Å². The van der Waals surface area contributed by atoms with Crippen LogP contribution >= 0.6 is 0 Å². The summed E-state index contributed by atoms with van der Waals surface area (Å²) in [5.74, 6) is 0.909. The molecule has 2 fully saturated rings.